The molecule has 0 spiro atoms. The second kappa shape index (κ2) is 9.65. The van der Waals surface area contributed by atoms with Crippen LogP contribution in [0.5, 0.6) is 5.75 Å². The van der Waals surface area contributed by atoms with Crippen LogP contribution in [0.2, 0.25) is 0 Å². The molecular formula is C23H20FNO5. The van der Waals surface area contributed by atoms with Crippen LogP contribution in [0.1, 0.15) is 38.4 Å². The smallest absolute Gasteiger partial charge is 0.358 e. The fourth-order valence-electron chi connectivity index (χ4n) is 2.88. The van der Waals surface area contributed by atoms with Gasteiger partial charge < -0.3 is 14.5 Å². The molecule has 1 N–H and O–H groups in total. The lowest BCUT2D eigenvalue weighted by Gasteiger charge is -2.11. The van der Waals surface area contributed by atoms with E-state index in [1.54, 1.807) is 12.1 Å². The zero-order chi connectivity index (χ0) is 21.5. The van der Waals surface area contributed by atoms with E-state index in [0.717, 1.165) is 11.1 Å². The van der Waals surface area contributed by atoms with Crippen LogP contribution in [0, 0.1) is 5.82 Å². The number of Topliss-reactive ketones (excluding diaryl/α,β-unsaturated/α-hetero) is 1. The molecule has 0 bridgehead atoms. The highest BCUT2D eigenvalue weighted by Crippen LogP contribution is 2.17. The quantitative estimate of drug-likeness (QED) is 0.453. The molecule has 0 saturated carbocycles. The molecule has 6 nitrogen and oxygen atoms in total. The Morgan fingerprint density at radius 1 is 1.00 bits per heavy atom. The summed E-state index contributed by atoms with van der Waals surface area (Å²) in [4.78, 5) is 40.2. The van der Waals surface area contributed by atoms with Crippen molar-refractivity contribution in [2.24, 2.45) is 0 Å². The molecule has 2 aromatic carbocycles. The average Bonchev–Trinajstić information content (AvgIpc) is 2.77. The number of aromatic amines is 1. The molecule has 0 radical (unpaired) electrons. The van der Waals surface area contributed by atoms with Gasteiger partial charge in [-0.1, -0.05) is 42.5 Å². The van der Waals surface area contributed by atoms with E-state index in [1.165, 1.54) is 25.4 Å². The maximum absolute atomic E-state index is 13.0. The fourth-order valence-corrected chi connectivity index (χ4v) is 2.88. The van der Waals surface area contributed by atoms with Gasteiger partial charge >= 0.3 is 5.97 Å². The molecule has 0 unspecified atom stereocenters. The number of rotatable bonds is 8. The van der Waals surface area contributed by atoms with Gasteiger partial charge in [-0.3, -0.25) is 9.59 Å². The zero-order valence-electron chi connectivity index (χ0n) is 16.3. The number of ether oxygens (including phenoxy) is 2. The Labute approximate surface area is 172 Å². The van der Waals surface area contributed by atoms with E-state index in [4.69, 9.17) is 9.47 Å². The Hall–Kier alpha value is -3.74. The summed E-state index contributed by atoms with van der Waals surface area (Å²) >= 11 is 0. The van der Waals surface area contributed by atoms with E-state index < -0.39 is 17.2 Å². The second-order valence-electron chi connectivity index (χ2n) is 6.55. The van der Waals surface area contributed by atoms with Crippen LogP contribution in [0.25, 0.3) is 0 Å². The molecule has 154 valence electrons. The Morgan fingerprint density at radius 3 is 2.37 bits per heavy atom. The number of esters is 1. The Balaban J connectivity index is 1.83. The SMILES string of the molecule is COC(=O)c1[nH]cc(C(=O)CCc2ccc(F)cc2)c(=O)c1OCc1ccccc1. The Morgan fingerprint density at radius 2 is 1.70 bits per heavy atom. The first-order chi connectivity index (χ1) is 14.5. The van der Waals surface area contributed by atoms with Crippen molar-refractivity contribution in [2.45, 2.75) is 19.4 Å². The van der Waals surface area contributed by atoms with Gasteiger partial charge in [-0.15, -0.1) is 0 Å². The number of benzene rings is 2. The molecule has 1 heterocycles. The topological polar surface area (TPSA) is 85.5 Å². The summed E-state index contributed by atoms with van der Waals surface area (Å²) in [6.07, 6.45) is 1.58. The number of H-pyrrole nitrogens is 1. The lowest BCUT2D eigenvalue weighted by Crippen LogP contribution is -2.22. The van der Waals surface area contributed by atoms with Crippen molar-refractivity contribution in [1.29, 1.82) is 0 Å². The number of nitrogens with one attached hydrogen (secondary N) is 1. The third-order valence-corrected chi connectivity index (χ3v) is 4.51. The number of hydrogen-bond acceptors (Lipinski definition) is 5. The van der Waals surface area contributed by atoms with E-state index in [0.29, 0.717) is 6.42 Å². The molecule has 0 aliphatic heterocycles. The molecule has 0 fully saturated rings. The van der Waals surface area contributed by atoms with Crippen LogP contribution in [-0.4, -0.2) is 23.8 Å². The Bertz CT molecular complexity index is 1090. The molecule has 0 amide bonds. The van der Waals surface area contributed by atoms with E-state index in [9.17, 15) is 18.8 Å². The third kappa shape index (κ3) is 5.00. The molecule has 3 aromatic rings. The molecule has 0 aliphatic rings. The van der Waals surface area contributed by atoms with Gasteiger partial charge in [0.1, 0.15) is 12.4 Å². The third-order valence-electron chi connectivity index (χ3n) is 4.51. The molecule has 1 aromatic heterocycles. The monoisotopic (exact) mass is 409 g/mol. The number of carbonyl (C=O) groups is 2. The minimum atomic E-state index is -0.777. The minimum absolute atomic E-state index is 0.0428. The molecule has 30 heavy (non-hydrogen) atoms. The van der Waals surface area contributed by atoms with Crippen molar-refractivity contribution < 1.29 is 23.5 Å². The Kier molecular flexibility index (Phi) is 6.75. The van der Waals surface area contributed by atoms with Gasteiger partial charge in [-0.25, -0.2) is 9.18 Å². The van der Waals surface area contributed by atoms with Gasteiger partial charge in [0.2, 0.25) is 5.43 Å². The van der Waals surface area contributed by atoms with Crippen molar-refractivity contribution in [3.8, 4) is 5.75 Å². The maximum atomic E-state index is 13.0. The number of pyridine rings is 1. The van der Waals surface area contributed by atoms with E-state index in [-0.39, 0.29) is 35.9 Å². The maximum Gasteiger partial charge on any atom is 0.358 e. The van der Waals surface area contributed by atoms with Crippen molar-refractivity contribution in [2.75, 3.05) is 7.11 Å². The highest BCUT2D eigenvalue weighted by molar-refractivity contribution is 5.98. The van der Waals surface area contributed by atoms with Crippen LogP contribution in [-0.2, 0) is 17.8 Å². The van der Waals surface area contributed by atoms with Crippen molar-refractivity contribution >= 4 is 11.8 Å². The number of ketones is 1. The number of hydrogen-bond donors (Lipinski definition) is 1. The summed E-state index contributed by atoms with van der Waals surface area (Å²) in [6.45, 7) is 0.0428. The highest BCUT2D eigenvalue weighted by Gasteiger charge is 2.22. The fraction of sp³-hybridized carbons (Fsp3) is 0.174. The number of halogens is 1. The number of aromatic nitrogens is 1. The summed E-state index contributed by atoms with van der Waals surface area (Å²) in [7, 11) is 1.18. The largest absolute Gasteiger partial charge is 0.482 e. The van der Waals surface area contributed by atoms with Gasteiger partial charge in [0.05, 0.1) is 12.7 Å². The predicted octanol–water partition coefficient (Wildman–Crippen LogP) is 3.70. The molecule has 0 saturated heterocycles. The predicted molar refractivity (Wildman–Crippen MR) is 108 cm³/mol. The molecular weight excluding hydrogens is 389 g/mol. The van der Waals surface area contributed by atoms with E-state index in [2.05, 4.69) is 4.98 Å². The van der Waals surface area contributed by atoms with Gasteiger partial charge in [0.25, 0.3) is 0 Å². The highest BCUT2D eigenvalue weighted by atomic mass is 19.1. The van der Waals surface area contributed by atoms with E-state index in [1.807, 2.05) is 30.3 Å². The number of carbonyl (C=O) groups excluding carboxylic acids is 2. The summed E-state index contributed by atoms with van der Waals surface area (Å²) in [6, 6.07) is 14.9. The first-order valence-electron chi connectivity index (χ1n) is 9.28. The van der Waals surface area contributed by atoms with Crippen LogP contribution >= 0.6 is 0 Å². The summed E-state index contributed by atoms with van der Waals surface area (Å²) < 4.78 is 23.3. The minimum Gasteiger partial charge on any atom is -0.482 e. The normalized spacial score (nSPS) is 10.5. The first kappa shape index (κ1) is 21.0. The molecule has 3 rings (SSSR count). The second-order valence-corrected chi connectivity index (χ2v) is 6.55. The average molecular weight is 409 g/mol. The van der Waals surface area contributed by atoms with Crippen LogP contribution < -0.4 is 10.2 Å². The first-order valence-corrected chi connectivity index (χ1v) is 9.28. The van der Waals surface area contributed by atoms with Crippen molar-refractivity contribution in [3.63, 3.8) is 0 Å². The van der Waals surface area contributed by atoms with Crippen molar-refractivity contribution in [3.05, 3.63) is 99.2 Å². The van der Waals surface area contributed by atoms with Gasteiger partial charge in [0.15, 0.2) is 17.2 Å². The zero-order valence-corrected chi connectivity index (χ0v) is 16.3. The number of aryl methyl sites for hydroxylation is 1. The van der Waals surface area contributed by atoms with Crippen LogP contribution in [0.3, 0.4) is 0 Å². The molecule has 7 heteroatoms. The summed E-state index contributed by atoms with van der Waals surface area (Å²) in [5, 5.41) is 0. The van der Waals surface area contributed by atoms with Crippen LogP contribution in [0.4, 0.5) is 4.39 Å². The lowest BCUT2D eigenvalue weighted by molar-refractivity contribution is 0.0587. The summed E-state index contributed by atoms with van der Waals surface area (Å²) in [5.41, 5.74) is 0.601. The molecule has 0 aliphatic carbocycles. The van der Waals surface area contributed by atoms with Gasteiger partial charge in [0, 0.05) is 12.6 Å². The summed E-state index contributed by atoms with van der Waals surface area (Å²) in [5.74, 6) is -1.82. The number of methoxy groups -OCH3 is 1. The van der Waals surface area contributed by atoms with Crippen molar-refractivity contribution in [1.82, 2.24) is 4.98 Å². The van der Waals surface area contributed by atoms with Gasteiger partial charge in [-0.2, -0.15) is 0 Å². The molecule has 0 atom stereocenters. The van der Waals surface area contributed by atoms with Gasteiger partial charge in [-0.05, 0) is 29.7 Å². The standard InChI is InChI=1S/C23H20FNO5/c1-29-23(28)20-22(30-14-16-5-3-2-4-6-16)21(27)18(13-25-20)19(26)12-9-15-7-10-17(24)11-8-15/h2-8,10-11,13H,9,12,14H2,1H3,(H,25,27). The lowest BCUT2D eigenvalue weighted by atomic mass is 10.0. The van der Waals surface area contributed by atoms with E-state index >= 15 is 0 Å². The van der Waals surface area contributed by atoms with Crippen LogP contribution in [0.15, 0.2) is 65.6 Å².